The normalized spacial score (nSPS) is 12.8. The molecule has 0 aliphatic carbocycles. The lowest BCUT2D eigenvalue weighted by atomic mass is 10.1. The van der Waals surface area contributed by atoms with E-state index in [1.165, 1.54) is 6.07 Å². The molecule has 32 heavy (non-hydrogen) atoms. The van der Waals surface area contributed by atoms with E-state index < -0.39 is 22.5 Å². The van der Waals surface area contributed by atoms with E-state index in [9.17, 15) is 24.5 Å². The molecule has 0 unspecified atom stereocenters. The quantitative estimate of drug-likeness (QED) is 0.379. The molecule has 10 heteroatoms. The van der Waals surface area contributed by atoms with Crippen molar-refractivity contribution in [2.24, 2.45) is 0 Å². The van der Waals surface area contributed by atoms with Crippen LogP contribution in [0.4, 0.5) is 11.4 Å². The van der Waals surface area contributed by atoms with Gasteiger partial charge in [0, 0.05) is 42.5 Å². The molecule has 0 atom stereocenters. The highest BCUT2D eigenvalue weighted by molar-refractivity contribution is 6.06. The second-order valence-corrected chi connectivity index (χ2v) is 7.10. The minimum atomic E-state index is -0.761. The number of carbonyl (C=O) groups is 3. The van der Waals surface area contributed by atoms with Crippen LogP contribution in [0.25, 0.3) is 0 Å². The second kappa shape index (κ2) is 10.4. The number of benzene rings is 2. The molecule has 0 aromatic heterocycles. The van der Waals surface area contributed by atoms with Gasteiger partial charge in [0.25, 0.3) is 17.5 Å². The highest BCUT2D eigenvalue weighted by atomic mass is 16.6. The summed E-state index contributed by atoms with van der Waals surface area (Å²) in [6, 6.07) is 9.81. The number of likely N-dealkylation sites (tertiary alicyclic amines) is 1. The molecule has 2 aromatic rings. The zero-order valence-corrected chi connectivity index (χ0v) is 17.5. The van der Waals surface area contributed by atoms with Gasteiger partial charge in [0.15, 0.2) is 6.61 Å². The number of nitro groups is 1. The number of nitro benzene ring substituents is 1. The minimum absolute atomic E-state index is 0.0715. The predicted molar refractivity (Wildman–Crippen MR) is 115 cm³/mol. The summed E-state index contributed by atoms with van der Waals surface area (Å²) in [7, 11) is 0. The molecule has 10 nitrogen and oxygen atoms in total. The summed E-state index contributed by atoms with van der Waals surface area (Å²) in [5.41, 5.74) is -0.204. The first-order valence-corrected chi connectivity index (χ1v) is 10.2. The Labute approximate surface area is 184 Å². The molecule has 1 fully saturated rings. The van der Waals surface area contributed by atoms with Crippen molar-refractivity contribution in [1.29, 1.82) is 0 Å². The highest BCUT2D eigenvalue weighted by Gasteiger charge is 2.20. The van der Waals surface area contributed by atoms with E-state index in [1.54, 1.807) is 36.1 Å². The predicted octanol–water partition coefficient (Wildman–Crippen LogP) is 3.03. The fourth-order valence-corrected chi connectivity index (χ4v) is 3.25. The molecule has 1 heterocycles. The van der Waals surface area contributed by atoms with E-state index in [0.717, 1.165) is 38.1 Å². The first-order chi connectivity index (χ1) is 15.4. The van der Waals surface area contributed by atoms with Crippen molar-refractivity contribution in [1.82, 2.24) is 4.90 Å². The fraction of sp³-hybridized carbons (Fsp3) is 0.318. The van der Waals surface area contributed by atoms with Gasteiger partial charge in [-0.25, -0.2) is 4.79 Å². The van der Waals surface area contributed by atoms with Gasteiger partial charge in [-0.1, -0.05) is 6.07 Å². The van der Waals surface area contributed by atoms with Crippen molar-refractivity contribution in [3.63, 3.8) is 0 Å². The van der Waals surface area contributed by atoms with Gasteiger partial charge in [-0.3, -0.25) is 19.7 Å². The van der Waals surface area contributed by atoms with Crippen LogP contribution < -0.4 is 10.1 Å². The number of nitrogens with zero attached hydrogens (tertiary/aromatic N) is 2. The first kappa shape index (κ1) is 22.7. The molecule has 2 amide bonds. The second-order valence-electron chi connectivity index (χ2n) is 7.10. The topological polar surface area (TPSA) is 128 Å². The molecule has 1 saturated heterocycles. The van der Waals surface area contributed by atoms with E-state index in [1.807, 2.05) is 0 Å². The maximum Gasteiger partial charge on any atom is 0.338 e. The van der Waals surface area contributed by atoms with Crippen molar-refractivity contribution in [3.8, 4) is 5.75 Å². The number of non-ortho nitro benzene ring substituents is 1. The highest BCUT2D eigenvalue weighted by Crippen LogP contribution is 2.22. The maximum absolute atomic E-state index is 12.7. The zero-order valence-electron chi connectivity index (χ0n) is 17.5. The van der Waals surface area contributed by atoms with Gasteiger partial charge in [0.1, 0.15) is 5.75 Å². The minimum Gasteiger partial charge on any atom is -0.484 e. The molecule has 0 bridgehead atoms. The average Bonchev–Trinajstić information content (AvgIpc) is 3.32. The van der Waals surface area contributed by atoms with Crippen LogP contribution in [0, 0.1) is 10.1 Å². The van der Waals surface area contributed by atoms with Gasteiger partial charge in [0.2, 0.25) is 0 Å². The molecule has 0 saturated carbocycles. The Balaban J connectivity index is 1.71. The zero-order chi connectivity index (χ0) is 23.1. The van der Waals surface area contributed by atoms with Gasteiger partial charge in [-0.15, -0.1) is 0 Å². The Hall–Kier alpha value is -3.95. The third-order valence-electron chi connectivity index (χ3n) is 4.81. The number of hydrogen-bond acceptors (Lipinski definition) is 7. The fourth-order valence-electron chi connectivity index (χ4n) is 3.25. The number of nitrogens with one attached hydrogen (secondary N) is 1. The van der Waals surface area contributed by atoms with Crippen LogP contribution in [0.1, 0.15) is 40.5 Å². The van der Waals surface area contributed by atoms with Crippen molar-refractivity contribution >= 4 is 29.2 Å². The molecular weight excluding hydrogens is 418 g/mol. The van der Waals surface area contributed by atoms with Gasteiger partial charge in [0.05, 0.1) is 17.1 Å². The third kappa shape index (κ3) is 5.81. The number of carbonyl (C=O) groups excluding carboxylic acids is 3. The van der Waals surface area contributed by atoms with E-state index in [-0.39, 0.29) is 30.2 Å². The summed E-state index contributed by atoms with van der Waals surface area (Å²) in [6.45, 7) is 3.06. The molecule has 1 aliphatic heterocycles. The standard InChI is InChI=1S/C22H23N3O7/c1-2-31-22(28)16-10-15(11-18(12-16)25(29)30)21(27)23-17-6-5-7-19(13-17)32-14-20(26)24-8-3-4-9-24/h5-7,10-13H,2-4,8-9,14H2,1H3,(H,23,27). The number of hydrogen-bond donors (Lipinski definition) is 1. The summed E-state index contributed by atoms with van der Waals surface area (Å²) in [5, 5.41) is 13.8. The van der Waals surface area contributed by atoms with Crippen LogP contribution in [-0.4, -0.2) is 53.9 Å². The molecule has 2 aromatic carbocycles. The largest absolute Gasteiger partial charge is 0.484 e. The summed E-state index contributed by atoms with van der Waals surface area (Å²) >= 11 is 0. The van der Waals surface area contributed by atoms with Crippen LogP contribution in [0.3, 0.4) is 0 Å². The van der Waals surface area contributed by atoms with Crippen molar-refractivity contribution in [2.45, 2.75) is 19.8 Å². The SMILES string of the molecule is CCOC(=O)c1cc(C(=O)Nc2cccc(OCC(=O)N3CCCC3)c2)cc([N+](=O)[O-])c1. The van der Waals surface area contributed by atoms with Gasteiger partial charge in [-0.2, -0.15) is 0 Å². The summed E-state index contributed by atoms with van der Waals surface area (Å²) in [4.78, 5) is 49.1. The summed E-state index contributed by atoms with van der Waals surface area (Å²) in [5.74, 6) is -1.12. The van der Waals surface area contributed by atoms with Crippen LogP contribution in [0.2, 0.25) is 0 Å². The summed E-state index contributed by atoms with van der Waals surface area (Å²) < 4.78 is 10.4. The number of anilines is 1. The Morgan fingerprint density at radius 1 is 1.09 bits per heavy atom. The number of ether oxygens (including phenoxy) is 2. The number of esters is 1. The third-order valence-corrected chi connectivity index (χ3v) is 4.81. The number of amides is 2. The Bertz CT molecular complexity index is 1030. The van der Waals surface area contributed by atoms with E-state index in [2.05, 4.69) is 5.32 Å². The Kier molecular flexibility index (Phi) is 7.37. The summed E-state index contributed by atoms with van der Waals surface area (Å²) in [6.07, 6.45) is 1.98. The van der Waals surface area contributed by atoms with E-state index in [0.29, 0.717) is 11.4 Å². The lowest BCUT2D eigenvalue weighted by molar-refractivity contribution is -0.384. The Morgan fingerprint density at radius 2 is 1.81 bits per heavy atom. The lowest BCUT2D eigenvalue weighted by Crippen LogP contribution is -2.32. The molecule has 3 rings (SSSR count). The van der Waals surface area contributed by atoms with Gasteiger partial charge in [-0.05, 0) is 38.0 Å². The molecular formula is C22H23N3O7. The average molecular weight is 441 g/mol. The maximum atomic E-state index is 12.7. The molecule has 1 aliphatic rings. The van der Waals surface area contributed by atoms with E-state index in [4.69, 9.17) is 9.47 Å². The monoisotopic (exact) mass is 441 g/mol. The van der Waals surface area contributed by atoms with Crippen molar-refractivity contribution < 1.29 is 28.8 Å². The Morgan fingerprint density at radius 3 is 2.50 bits per heavy atom. The van der Waals surface area contributed by atoms with Crippen LogP contribution >= 0.6 is 0 Å². The molecule has 0 radical (unpaired) electrons. The smallest absolute Gasteiger partial charge is 0.338 e. The van der Waals surface area contributed by atoms with Crippen LogP contribution in [-0.2, 0) is 9.53 Å². The van der Waals surface area contributed by atoms with Gasteiger partial charge < -0.3 is 19.7 Å². The molecule has 168 valence electrons. The van der Waals surface area contributed by atoms with Gasteiger partial charge >= 0.3 is 5.97 Å². The molecule has 1 N–H and O–H groups in total. The lowest BCUT2D eigenvalue weighted by Gasteiger charge is -2.15. The van der Waals surface area contributed by atoms with Crippen LogP contribution in [0.5, 0.6) is 5.75 Å². The van der Waals surface area contributed by atoms with Crippen molar-refractivity contribution in [3.05, 3.63) is 63.7 Å². The number of rotatable bonds is 8. The first-order valence-electron chi connectivity index (χ1n) is 10.2. The van der Waals surface area contributed by atoms with Crippen molar-refractivity contribution in [2.75, 3.05) is 31.6 Å². The van der Waals surface area contributed by atoms with E-state index >= 15 is 0 Å². The molecule has 0 spiro atoms. The van der Waals surface area contributed by atoms with Crippen LogP contribution in [0.15, 0.2) is 42.5 Å².